The van der Waals surface area contributed by atoms with Crippen LogP contribution in [0.3, 0.4) is 0 Å². The SMILES string of the molecule is CCCCn1nnnc1COC(=O)c1ccc(C)c(NC(=O)c2ccco2)c1. The lowest BCUT2D eigenvalue weighted by Crippen LogP contribution is -2.14. The van der Waals surface area contributed by atoms with Gasteiger partial charge in [0.05, 0.1) is 11.8 Å². The number of esters is 1. The summed E-state index contributed by atoms with van der Waals surface area (Å²) in [5.41, 5.74) is 1.62. The maximum absolute atomic E-state index is 12.4. The predicted molar refractivity (Wildman–Crippen MR) is 99.7 cm³/mol. The second-order valence-corrected chi connectivity index (χ2v) is 6.21. The summed E-state index contributed by atoms with van der Waals surface area (Å²) in [5, 5.41) is 14.1. The Kier molecular flexibility index (Phi) is 6.15. The second kappa shape index (κ2) is 8.94. The summed E-state index contributed by atoms with van der Waals surface area (Å²) < 4.78 is 12.0. The van der Waals surface area contributed by atoms with E-state index in [2.05, 4.69) is 27.8 Å². The highest BCUT2D eigenvalue weighted by Crippen LogP contribution is 2.19. The van der Waals surface area contributed by atoms with Crippen LogP contribution in [0.1, 0.15) is 52.1 Å². The molecule has 0 atom stereocenters. The van der Waals surface area contributed by atoms with E-state index < -0.39 is 11.9 Å². The fourth-order valence-corrected chi connectivity index (χ4v) is 2.50. The number of anilines is 1. The third-order valence-corrected chi connectivity index (χ3v) is 4.13. The fourth-order valence-electron chi connectivity index (χ4n) is 2.50. The van der Waals surface area contributed by atoms with Crippen LogP contribution in [0, 0.1) is 6.92 Å². The van der Waals surface area contributed by atoms with Crippen molar-refractivity contribution in [2.75, 3.05) is 5.32 Å². The molecule has 0 saturated carbocycles. The first kappa shape index (κ1) is 19.3. The van der Waals surface area contributed by atoms with Crippen LogP contribution in [0.4, 0.5) is 5.69 Å². The molecule has 9 heteroatoms. The summed E-state index contributed by atoms with van der Waals surface area (Å²) in [6.07, 6.45) is 3.36. The molecule has 3 rings (SSSR count). The smallest absolute Gasteiger partial charge is 0.338 e. The molecule has 0 aliphatic carbocycles. The fraction of sp³-hybridized carbons (Fsp3) is 0.316. The first-order valence-corrected chi connectivity index (χ1v) is 8.96. The maximum atomic E-state index is 12.4. The standard InChI is InChI=1S/C19H21N5O4/c1-3-4-9-24-17(21-22-23-24)12-28-19(26)14-8-7-13(2)15(11-14)20-18(25)16-6-5-10-27-16/h5-8,10-11H,3-4,9,12H2,1-2H3,(H,20,25). The molecular weight excluding hydrogens is 362 g/mol. The van der Waals surface area contributed by atoms with Gasteiger partial charge in [0, 0.05) is 12.2 Å². The minimum absolute atomic E-state index is 0.0302. The van der Waals surface area contributed by atoms with Gasteiger partial charge in [0.1, 0.15) is 0 Å². The van der Waals surface area contributed by atoms with Gasteiger partial charge in [-0.1, -0.05) is 19.4 Å². The van der Waals surface area contributed by atoms with Crippen LogP contribution in [-0.2, 0) is 17.9 Å². The highest BCUT2D eigenvalue weighted by atomic mass is 16.5. The van der Waals surface area contributed by atoms with E-state index in [9.17, 15) is 9.59 Å². The number of amides is 1. The topological polar surface area (TPSA) is 112 Å². The molecule has 0 spiro atoms. The van der Waals surface area contributed by atoms with Crippen LogP contribution in [0.5, 0.6) is 0 Å². The molecule has 2 heterocycles. The number of benzene rings is 1. The number of nitrogens with one attached hydrogen (secondary N) is 1. The van der Waals surface area contributed by atoms with Crippen LogP contribution in [0.2, 0.25) is 0 Å². The molecule has 1 amide bonds. The van der Waals surface area contributed by atoms with E-state index >= 15 is 0 Å². The van der Waals surface area contributed by atoms with Crippen molar-refractivity contribution in [1.29, 1.82) is 0 Å². The second-order valence-electron chi connectivity index (χ2n) is 6.21. The van der Waals surface area contributed by atoms with Crippen molar-refractivity contribution in [3.63, 3.8) is 0 Å². The molecule has 1 aromatic carbocycles. The predicted octanol–water partition coefficient (Wildman–Crippen LogP) is 2.98. The summed E-state index contributed by atoms with van der Waals surface area (Å²) in [6.45, 7) is 4.54. The molecule has 0 bridgehead atoms. The zero-order chi connectivity index (χ0) is 19.9. The average Bonchev–Trinajstić information content (AvgIpc) is 3.38. The Morgan fingerprint density at radius 2 is 2.14 bits per heavy atom. The van der Waals surface area contributed by atoms with E-state index in [1.54, 1.807) is 35.0 Å². The monoisotopic (exact) mass is 383 g/mol. The number of furan rings is 1. The largest absolute Gasteiger partial charge is 0.459 e. The lowest BCUT2D eigenvalue weighted by Gasteiger charge is -2.10. The van der Waals surface area contributed by atoms with Gasteiger partial charge in [-0.3, -0.25) is 4.79 Å². The zero-order valence-electron chi connectivity index (χ0n) is 15.7. The number of aromatic nitrogens is 4. The Labute approximate surface area is 161 Å². The number of ether oxygens (including phenoxy) is 1. The highest BCUT2D eigenvalue weighted by molar-refractivity contribution is 6.03. The third kappa shape index (κ3) is 4.61. The zero-order valence-corrected chi connectivity index (χ0v) is 15.7. The Morgan fingerprint density at radius 1 is 1.29 bits per heavy atom. The molecule has 0 radical (unpaired) electrons. The summed E-state index contributed by atoms with van der Waals surface area (Å²) in [5.74, 6) is -0.251. The molecule has 28 heavy (non-hydrogen) atoms. The van der Waals surface area contributed by atoms with Crippen molar-refractivity contribution < 1.29 is 18.7 Å². The van der Waals surface area contributed by atoms with Gasteiger partial charge in [-0.15, -0.1) is 5.10 Å². The normalized spacial score (nSPS) is 10.6. The molecule has 2 aromatic heterocycles. The molecule has 146 valence electrons. The number of unbranched alkanes of at least 4 members (excludes halogenated alkanes) is 1. The first-order valence-electron chi connectivity index (χ1n) is 8.96. The van der Waals surface area contributed by atoms with Crippen molar-refractivity contribution in [1.82, 2.24) is 20.2 Å². The number of carbonyl (C=O) groups is 2. The van der Waals surface area contributed by atoms with Gasteiger partial charge < -0.3 is 14.5 Å². The van der Waals surface area contributed by atoms with E-state index in [0.29, 0.717) is 23.6 Å². The highest BCUT2D eigenvalue weighted by Gasteiger charge is 2.15. The van der Waals surface area contributed by atoms with Crippen LogP contribution < -0.4 is 5.32 Å². The number of rotatable bonds is 8. The van der Waals surface area contributed by atoms with Gasteiger partial charge in [0.15, 0.2) is 18.2 Å². The summed E-state index contributed by atoms with van der Waals surface area (Å²) in [7, 11) is 0. The van der Waals surface area contributed by atoms with E-state index in [4.69, 9.17) is 9.15 Å². The molecule has 0 saturated heterocycles. The maximum Gasteiger partial charge on any atom is 0.338 e. The van der Waals surface area contributed by atoms with Crippen LogP contribution in [-0.4, -0.2) is 32.1 Å². The number of hydrogen-bond donors (Lipinski definition) is 1. The Morgan fingerprint density at radius 3 is 2.89 bits per heavy atom. The van der Waals surface area contributed by atoms with Gasteiger partial charge in [-0.25, -0.2) is 9.48 Å². The molecule has 0 aliphatic rings. The number of hydrogen-bond acceptors (Lipinski definition) is 7. The van der Waals surface area contributed by atoms with Gasteiger partial charge in [0.2, 0.25) is 0 Å². The van der Waals surface area contributed by atoms with Gasteiger partial charge in [0.25, 0.3) is 5.91 Å². The van der Waals surface area contributed by atoms with Crippen LogP contribution >= 0.6 is 0 Å². The number of nitrogens with zero attached hydrogens (tertiary/aromatic N) is 4. The van der Waals surface area contributed by atoms with Crippen molar-refractivity contribution in [3.05, 3.63) is 59.3 Å². The number of tetrazole rings is 1. The lowest BCUT2D eigenvalue weighted by molar-refractivity contribution is 0.0456. The molecular formula is C19H21N5O4. The van der Waals surface area contributed by atoms with E-state index in [1.165, 1.54) is 6.26 Å². The Hall–Kier alpha value is -3.49. The molecule has 0 fully saturated rings. The van der Waals surface area contributed by atoms with Crippen molar-refractivity contribution in [3.8, 4) is 0 Å². The first-order chi connectivity index (χ1) is 13.6. The molecule has 0 unspecified atom stereocenters. The molecule has 1 N–H and O–H groups in total. The van der Waals surface area contributed by atoms with Crippen molar-refractivity contribution in [2.24, 2.45) is 0 Å². The van der Waals surface area contributed by atoms with Crippen LogP contribution in [0.25, 0.3) is 0 Å². The lowest BCUT2D eigenvalue weighted by atomic mass is 10.1. The van der Waals surface area contributed by atoms with E-state index in [1.807, 2.05) is 6.92 Å². The van der Waals surface area contributed by atoms with Gasteiger partial charge >= 0.3 is 5.97 Å². The average molecular weight is 383 g/mol. The summed E-state index contributed by atoms with van der Waals surface area (Å²) >= 11 is 0. The Bertz CT molecular complexity index is 949. The summed E-state index contributed by atoms with van der Waals surface area (Å²) in [4.78, 5) is 24.6. The minimum atomic E-state index is -0.529. The summed E-state index contributed by atoms with van der Waals surface area (Å²) in [6, 6.07) is 8.13. The van der Waals surface area contributed by atoms with Crippen LogP contribution in [0.15, 0.2) is 41.0 Å². The molecule has 0 aliphatic heterocycles. The Balaban J connectivity index is 1.65. The van der Waals surface area contributed by atoms with Crippen molar-refractivity contribution >= 4 is 17.6 Å². The third-order valence-electron chi connectivity index (χ3n) is 4.13. The molecule has 9 nitrogen and oxygen atoms in total. The minimum Gasteiger partial charge on any atom is -0.459 e. The van der Waals surface area contributed by atoms with Gasteiger partial charge in [-0.2, -0.15) is 0 Å². The number of carbonyl (C=O) groups excluding carboxylic acids is 2. The van der Waals surface area contributed by atoms with Crippen molar-refractivity contribution in [2.45, 2.75) is 39.8 Å². The quantitative estimate of drug-likeness (QED) is 0.595. The number of aryl methyl sites for hydroxylation is 2. The van der Waals surface area contributed by atoms with E-state index in [-0.39, 0.29) is 12.4 Å². The van der Waals surface area contributed by atoms with Gasteiger partial charge in [-0.05, 0) is 53.6 Å². The molecule has 3 aromatic rings. The van der Waals surface area contributed by atoms with E-state index in [0.717, 1.165) is 18.4 Å².